The van der Waals surface area contributed by atoms with Gasteiger partial charge in [-0.1, -0.05) is 52.2 Å². The maximum atomic E-state index is 10.7. The van der Waals surface area contributed by atoms with E-state index in [1.54, 1.807) is 5.57 Å². The number of fused-ring (bicyclic) bond motifs is 5. The summed E-state index contributed by atoms with van der Waals surface area (Å²) in [7, 11) is 0. The number of allylic oxidation sites excluding steroid dienone is 1. The summed E-state index contributed by atoms with van der Waals surface area (Å²) < 4.78 is 0. The maximum absolute atomic E-state index is 10.7. The average Bonchev–Trinajstić information content (AvgIpc) is 3.08. The summed E-state index contributed by atoms with van der Waals surface area (Å²) in [5.41, 5.74) is 1.99. The number of rotatable bonds is 7. The Balaban J connectivity index is 1.45. The monoisotopic (exact) mass is 430 g/mol. The predicted molar refractivity (Wildman–Crippen MR) is 130 cm³/mol. The standard InChI is InChI=1S/C29H50O2/c1-20(7-6-18-30)8-9-21(2)24-12-13-25-23-11-10-22-19-27(3,31)16-17-28(22,4)26(23)14-15-29(24,25)5/h10,20-21,23-26,30-31H,6-9,11-19H2,1-5H3. The van der Waals surface area contributed by atoms with E-state index in [0.717, 1.165) is 54.8 Å². The highest BCUT2D eigenvalue weighted by Crippen LogP contribution is 2.67. The van der Waals surface area contributed by atoms with Crippen LogP contribution in [0.4, 0.5) is 0 Å². The minimum atomic E-state index is -0.483. The Morgan fingerprint density at radius 2 is 1.74 bits per heavy atom. The molecule has 0 amide bonds. The molecular weight excluding hydrogens is 380 g/mol. The van der Waals surface area contributed by atoms with Gasteiger partial charge < -0.3 is 10.2 Å². The number of aliphatic hydroxyl groups is 2. The third-order valence-electron chi connectivity index (χ3n) is 11.1. The van der Waals surface area contributed by atoms with Gasteiger partial charge in [0.15, 0.2) is 0 Å². The molecule has 4 aliphatic rings. The quantitative estimate of drug-likeness (QED) is 0.421. The molecular formula is C29H50O2. The highest BCUT2D eigenvalue weighted by atomic mass is 16.3. The second-order valence-electron chi connectivity index (χ2n) is 13.2. The van der Waals surface area contributed by atoms with Crippen molar-refractivity contribution in [2.45, 2.75) is 117 Å². The molecule has 9 unspecified atom stereocenters. The van der Waals surface area contributed by atoms with Gasteiger partial charge in [0.25, 0.3) is 0 Å². The normalized spacial score (nSPS) is 46.5. The number of aliphatic hydroxyl groups excluding tert-OH is 1. The van der Waals surface area contributed by atoms with Gasteiger partial charge in [0, 0.05) is 6.61 Å². The molecule has 2 nitrogen and oxygen atoms in total. The highest BCUT2D eigenvalue weighted by molar-refractivity contribution is 5.26. The van der Waals surface area contributed by atoms with Crippen molar-refractivity contribution >= 4 is 0 Å². The first-order valence-electron chi connectivity index (χ1n) is 13.6. The van der Waals surface area contributed by atoms with Crippen LogP contribution in [-0.2, 0) is 0 Å². The van der Waals surface area contributed by atoms with E-state index in [2.05, 4.69) is 33.8 Å². The summed E-state index contributed by atoms with van der Waals surface area (Å²) >= 11 is 0. The second-order valence-corrected chi connectivity index (χ2v) is 13.2. The van der Waals surface area contributed by atoms with Crippen molar-refractivity contribution in [2.75, 3.05) is 6.61 Å². The summed E-state index contributed by atoms with van der Waals surface area (Å²) in [6.07, 6.45) is 17.5. The molecule has 31 heavy (non-hydrogen) atoms. The lowest BCUT2D eigenvalue weighted by molar-refractivity contribution is -0.0706. The lowest BCUT2D eigenvalue weighted by atomic mass is 9.46. The predicted octanol–water partition coefficient (Wildman–Crippen LogP) is 7.14. The SMILES string of the molecule is CC(CCCO)CCC(C)C1CCC2C3CC=C4CC(C)(O)CCC4(C)C3CCC12C. The topological polar surface area (TPSA) is 40.5 Å². The Morgan fingerprint density at radius 1 is 0.968 bits per heavy atom. The van der Waals surface area contributed by atoms with Crippen molar-refractivity contribution in [3.05, 3.63) is 11.6 Å². The molecule has 2 N–H and O–H groups in total. The third-order valence-corrected chi connectivity index (χ3v) is 11.1. The smallest absolute Gasteiger partial charge is 0.0657 e. The molecule has 178 valence electrons. The van der Waals surface area contributed by atoms with Crippen LogP contribution in [0.3, 0.4) is 0 Å². The van der Waals surface area contributed by atoms with Crippen LogP contribution in [0.2, 0.25) is 0 Å². The van der Waals surface area contributed by atoms with Gasteiger partial charge in [-0.25, -0.2) is 0 Å². The Morgan fingerprint density at radius 3 is 2.48 bits per heavy atom. The van der Waals surface area contributed by atoms with Crippen molar-refractivity contribution in [1.29, 1.82) is 0 Å². The van der Waals surface area contributed by atoms with Crippen LogP contribution in [0.5, 0.6) is 0 Å². The van der Waals surface area contributed by atoms with Gasteiger partial charge in [-0.15, -0.1) is 0 Å². The summed E-state index contributed by atoms with van der Waals surface area (Å²) in [5.74, 6) is 5.10. The minimum absolute atomic E-state index is 0.345. The van der Waals surface area contributed by atoms with E-state index >= 15 is 0 Å². The molecule has 4 aliphatic carbocycles. The molecule has 4 rings (SSSR count). The summed E-state index contributed by atoms with van der Waals surface area (Å²) in [6, 6.07) is 0. The van der Waals surface area contributed by atoms with E-state index < -0.39 is 5.60 Å². The van der Waals surface area contributed by atoms with Crippen LogP contribution in [0.1, 0.15) is 112 Å². The van der Waals surface area contributed by atoms with Gasteiger partial charge in [-0.2, -0.15) is 0 Å². The molecule has 0 aromatic heterocycles. The Kier molecular flexibility index (Phi) is 6.75. The van der Waals surface area contributed by atoms with Gasteiger partial charge in [-0.3, -0.25) is 0 Å². The molecule has 3 fully saturated rings. The van der Waals surface area contributed by atoms with Crippen LogP contribution < -0.4 is 0 Å². The lowest BCUT2D eigenvalue weighted by Gasteiger charge is -2.59. The second kappa shape index (κ2) is 8.79. The molecule has 3 saturated carbocycles. The first-order chi connectivity index (χ1) is 14.6. The number of hydrogen-bond acceptors (Lipinski definition) is 2. The Hall–Kier alpha value is -0.340. The average molecular weight is 431 g/mol. The van der Waals surface area contributed by atoms with Gasteiger partial charge in [0.1, 0.15) is 0 Å². The van der Waals surface area contributed by atoms with Crippen molar-refractivity contribution < 1.29 is 10.2 Å². The molecule has 0 bridgehead atoms. The fourth-order valence-electron chi connectivity index (χ4n) is 9.11. The molecule has 2 heteroatoms. The highest BCUT2D eigenvalue weighted by Gasteiger charge is 2.59. The first kappa shape index (κ1) is 23.8. The van der Waals surface area contributed by atoms with Gasteiger partial charge in [0.05, 0.1) is 5.60 Å². The summed E-state index contributed by atoms with van der Waals surface area (Å²) in [5, 5.41) is 19.8. The van der Waals surface area contributed by atoms with Crippen molar-refractivity contribution in [2.24, 2.45) is 46.3 Å². The zero-order chi connectivity index (χ0) is 22.4. The van der Waals surface area contributed by atoms with Crippen molar-refractivity contribution in [3.8, 4) is 0 Å². The third kappa shape index (κ3) is 4.30. The van der Waals surface area contributed by atoms with Crippen LogP contribution >= 0.6 is 0 Å². The fourth-order valence-corrected chi connectivity index (χ4v) is 9.11. The Labute approximate surface area is 192 Å². The maximum Gasteiger partial charge on any atom is 0.0657 e. The van der Waals surface area contributed by atoms with Crippen LogP contribution in [0.15, 0.2) is 11.6 Å². The van der Waals surface area contributed by atoms with E-state index in [4.69, 9.17) is 5.11 Å². The van der Waals surface area contributed by atoms with E-state index in [-0.39, 0.29) is 0 Å². The Bertz CT molecular complexity index is 666. The lowest BCUT2D eigenvalue weighted by Crippen LogP contribution is -2.52. The van der Waals surface area contributed by atoms with Crippen LogP contribution in [0, 0.1) is 46.3 Å². The molecule has 0 saturated heterocycles. The molecule has 0 aromatic carbocycles. The van der Waals surface area contributed by atoms with E-state index in [0.29, 0.717) is 17.4 Å². The molecule has 0 heterocycles. The van der Waals surface area contributed by atoms with Crippen molar-refractivity contribution in [3.63, 3.8) is 0 Å². The number of hydrogen-bond donors (Lipinski definition) is 2. The molecule has 0 radical (unpaired) electrons. The van der Waals surface area contributed by atoms with Gasteiger partial charge in [0.2, 0.25) is 0 Å². The molecule has 9 atom stereocenters. The van der Waals surface area contributed by atoms with E-state index in [1.807, 2.05) is 6.92 Å². The fraction of sp³-hybridized carbons (Fsp3) is 0.931. The van der Waals surface area contributed by atoms with Crippen LogP contribution in [0.25, 0.3) is 0 Å². The molecule has 0 spiro atoms. The van der Waals surface area contributed by atoms with E-state index in [1.165, 1.54) is 57.8 Å². The largest absolute Gasteiger partial charge is 0.396 e. The van der Waals surface area contributed by atoms with Gasteiger partial charge >= 0.3 is 0 Å². The minimum Gasteiger partial charge on any atom is -0.396 e. The summed E-state index contributed by atoms with van der Waals surface area (Å²) in [4.78, 5) is 0. The van der Waals surface area contributed by atoms with Crippen molar-refractivity contribution in [1.82, 2.24) is 0 Å². The zero-order valence-electron chi connectivity index (χ0n) is 21.1. The molecule has 0 aromatic rings. The first-order valence-corrected chi connectivity index (χ1v) is 13.6. The van der Waals surface area contributed by atoms with Gasteiger partial charge in [-0.05, 0) is 117 Å². The van der Waals surface area contributed by atoms with E-state index in [9.17, 15) is 5.11 Å². The molecule has 0 aliphatic heterocycles. The van der Waals surface area contributed by atoms with Crippen LogP contribution in [-0.4, -0.2) is 22.4 Å². The zero-order valence-corrected chi connectivity index (χ0v) is 21.1. The summed E-state index contributed by atoms with van der Waals surface area (Å²) in [6.45, 7) is 12.5.